The lowest BCUT2D eigenvalue weighted by atomic mass is 10.00. The lowest BCUT2D eigenvalue weighted by molar-refractivity contribution is 0.0913. The van der Waals surface area contributed by atoms with Crippen LogP contribution in [0.3, 0.4) is 0 Å². The van der Waals surface area contributed by atoms with Gasteiger partial charge >= 0.3 is 0 Å². The van der Waals surface area contributed by atoms with Crippen LogP contribution >= 0.6 is 0 Å². The van der Waals surface area contributed by atoms with Gasteiger partial charge in [-0.2, -0.15) is 0 Å². The van der Waals surface area contributed by atoms with Crippen molar-refractivity contribution in [3.63, 3.8) is 0 Å². The van der Waals surface area contributed by atoms with Gasteiger partial charge in [-0.05, 0) is 34.9 Å². The highest BCUT2D eigenvalue weighted by Crippen LogP contribution is 2.30. The molecule has 7 nitrogen and oxygen atoms in total. The minimum Gasteiger partial charge on any atom is -0.495 e. The Kier molecular flexibility index (Phi) is 8.56. The Morgan fingerprint density at radius 1 is 1.09 bits per heavy atom. The van der Waals surface area contributed by atoms with Crippen molar-refractivity contribution in [2.75, 3.05) is 26.6 Å². The summed E-state index contributed by atoms with van der Waals surface area (Å²) < 4.78 is 10.6. The number of carbonyl (C=O) groups excluding carboxylic acids is 1. The standard InChI is InChI=1S/C27H29N3O4/c1-33-17-19-10-8-18(9-11-19)12-14-22(28)25-23(29)15-13-21(26(25)34-2)27(32)30-24(16-31)20-6-4-3-5-7-20/h3-15,24,28,31H,16-17,29H2,1-2H3,(H,30,32)/b14-12+,28-22?/t24-/m1/s1. The van der Waals surface area contributed by atoms with Crippen LogP contribution in [0.4, 0.5) is 5.69 Å². The van der Waals surface area contributed by atoms with Crippen LogP contribution in [0.25, 0.3) is 6.08 Å². The van der Waals surface area contributed by atoms with Crippen LogP contribution in [-0.4, -0.2) is 37.6 Å². The summed E-state index contributed by atoms with van der Waals surface area (Å²) >= 11 is 0. The molecular formula is C27H29N3O4. The molecule has 0 fully saturated rings. The summed E-state index contributed by atoms with van der Waals surface area (Å²) in [6.45, 7) is 0.269. The molecule has 3 rings (SSSR count). The number of benzene rings is 3. The van der Waals surface area contributed by atoms with E-state index in [1.165, 1.54) is 7.11 Å². The van der Waals surface area contributed by atoms with Gasteiger partial charge in [0, 0.05) is 12.8 Å². The second-order valence-electron chi connectivity index (χ2n) is 7.65. The molecule has 0 saturated heterocycles. The van der Waals surface area contributed by atoms with Crippen molar-refractivity contribution in [3.05, 3.63) is 101 Å². The van der Waals surface area contributed by atoms with E-state index in [4.69, 9.17) is 20.6 Å². The Morgan fingerprint density at radius 3 is 2.41 bits per heavy atom. The number of hydrogen-bond donors (Lipinski definition) is 4. The molecule has 0 heterocycles. The summed E-state index contributed by atoms with van der Waals surface area (Å²) in [7, 11) is 3.08. The minimum atomic E-state index is -0.583. The molecule has 176 valence electrons. The van der Waals surface area contributed by atoms with Crippen LogP contribution in [0.1, 0.15) is 38.7 Å². The molecule has 0 unspecified atom stereocenters. The van der Waals surface area contributed by atoms with E-state index in [0.717, 1.165) is 16.7 Å². The van der Waals surface area contributed by atoms with Gasteiger partial charge in [-0.25, -0.2) is 0 Å². The van der Waals surface area contributed by atoms with Gasteiger partial charge in [-0.15, -0.1) is 0 Å². The quantitative estimate of drug-likeness (QED) is 0.270. The molecular weight excluding hydrogens is 430 g/mol. The SMILES string of the molecule is COCc1ccc(/C=C/C(=N)c2c(N)ccc(C(=O)N[C@H](CO)c3ccccc3)c2OC)cc1. The van der Waals surface area contributed by atoms with Crippen molar-refractivity contribution in [3.8, 4) is 5.75 Å². The Balaban J connectivity index is 1.86. The van der Waals surface area contributed by atoms with E-state index in [2.05, 4.69) is 5.32 Å². The highest BCUT2D eigenvalue weighted by Gasteiger charge is 2.22. The van der Waals surface area contributed by atoms with Crippen LogP contribution in [0, 0.1) is 5.41 Å². The van der Waals surface area contributed by atoms with Crippen molar-refractivity contribution in [2.24, 2.45) is 0 Å². The summed E-state index contributed by atoms with van der Waals surface area (Å²) in [5, 5.41) is 21.2. The molecule has 0 spiro atoms. The first-order valence-electron chi connectivity index (χ1n) is 10.8. The number of anilines is 1. The monoisotopic (exact) mass is 459 g/mol. The van der Waals surface area contributed by atoms with E-state index in [-0.39, 0.29) is 23.6 Å². The minimum absolute atomic E-state index is 0.103. The summed E-state index contributed by atoms with van der Waals surface area (Å²) in [5.74, 6) is -0.237. The maximum Gasteiger partial charge on any atom is 0.255 e. The van der Waals surface area contributed by atoms with Crippen LogP contribution in [0.2, 0.25) is 0 Å². The fourth-order valence-electron chi connectivity index (χ4n) is 3.58. The topological polar surface area (TPSA) is 118 Å². The predicted molar refractivity (Wildman–Crippen MR) is 134 cm³/mol. The zero-order chi connectivity index (χ0) is 24.5. The van der Waals surface area contributed by atoms with Gasteiger partial charge in [0.05, 0.1) is 43.2 Å². The molecule has 3 aromatic carbocycles. The Bertz CT molecular complexity index is 1160. The van der Waals surface area contributed by atoms with E-state index < -0.39 is 11.9 Å². The van der Waals surface area contributed by atoms with Crippen LogP contribution < -0.4 is 15.8 Å². The molecule has 0 bridgehead atoms. The zero-order valence-electron chi connectivity index (χ0n) is 19.2. The average molecular weight is 460 g/mol. The molecule has 0 aliphatic carbocycles. The van der Waals surface area contributed by atoms with Gasteiger partial charge in [-0.1, -0.05) is 60.7 Å². The van der Waals surface area contributed by atoms with E-state index in [1.54, 1.807) is 31.4 Å². The van der Waals surface area contributed by atoms with Crippen LogP contribution in [-0.2, 0) is 11.3 Å². The first kappa shape index (κ1) is 24.7. The van der Waals surface area contributed by atoms with Gasteiger partial charge in [0.2, 0.25) is 0 Å². The molecule has 1 amide bonds. The molecule has 34 heavy (non-hydrogen) atoms. The Hall–Kier alpha value is -3.94. The summed E-state index contributed by atoms with van der Waals surface area (Å²) in [4.78, 5) is 13.1. The number of nitrogens with two attached hydrogens (primary N) is 1. The molecule has 5 N–H and O–H groups in total. The first-order chi connectivity index (χ1) is 16.5. The van der Waals surface area contributed by atoms with E-state index >= 15 is 0 Å². The number of amides is 1. The van der Waals surface area contributed by atoms with E-state index in [0.29, 0.717) is 17.9 Å². The molecule has 0 saturated carbocycles. The zero-order valence-corrected chi connectivity index (χ0v) is 19.2. The van der Waals surface area contributed by atoms with Gasteiger partial charge in [0.15, 0.2) is 0 Å². The number of rotatable bonds is 10. The highest BCUT2D eigenvalue weighted by molar-refractivity contribution is 6.15. The second kappa shape index (κ2) is 11.8. The third-order valence-electron chi connectivity index (χ3n) is 5.33. The average Bonchev–Trinajstić information content (AvgIpc) is 2.86. The van der Waals surface area contributed by atoms with E-state index in [9.17, 15) is 9.90 Å². The highest BCUT2D eigenvalue weighted by atomic mass is 16.5. The number of allylic oxidation sites excluding steroid dienone is 1. The third-order valence-corrected chi connectivity index (χ3v) is 5.33. The van der Waals surface area contributed by atoms with Crippen molar-refractivity contribution in [2.45, 2.75) is 12.6 Å². The van der Waals surface area contributed by atoms with Gasteiger partial charge in [-0.3, -0.25) is 4.79 Å². The van der Waals surface area contributed by atoms with Gasteiger partial charge in [0.1, 0.15) is 5.75 Å². The number of hydrogen-bond acceptors (Lipinski definition) is 6. The molecule has 1 atom stereocenters. The largest absolute Gasteiger partial charge is 0.495 e. The van der Waals surface area contributed by atoms with Crippen molar-refractivity contribution in [1.29, 1.82) is 5.41 Å². The summed E-state index contributed by atoms with van der Waals surface area (Å²) in [6.07, 6.45) is 3.41. The number of ether oxygens (including phenoxy) is 2. The second-order valence-corrected chi connectivity index (χ2v) is 7.65. The number of methoxy groups -OCH3 is 2. The lowest BCUT2D eigenvalue weighted by Gasteiger charge is -2.19. The number of aliphatic hydroxyl groups excluding tert-OH is 1. The Labute approximate surface area is 199 Å². The number of nitrogens with one attached hydrogen (secondary N) is 2. The predicted octanol–water partition coefficient (Wildman–Crippen LogP) is 3.97. The smallest absolute Gasteiger partial charge is 0.255 e. The molecule has 0 radical (unpaired) electrons. The molecule has 0 aliphatic heterocycles. The van der Waals surface area contributed by atoms with Crippen molar-refractivity contribution < 1.29 is 19.4 Å². The molecule has 3 aromatic rings. The van der Waals surface area contributed by atoms with E-state index in [1.807, 2.05) is 54.6 Å². The van der Waals surface area contributed by atoms with Crippen molar-refractivity contribution >= 4 is 23.4 Å². The maximum atomic E-state index is 13.1. The number of carbonyl (C=O) groups is 1. The summed E-state index contributed by atoms with van der Waals surface area (Å²) in [6, 6.07) is 19.5. The third kappa shape index (κ3) is 5.89. The lowest BCUT2D eigenvalue weighted by Crippen LogP contribution is -2.31. The molecule has 0 aliphatic rings. The summed E-state index contributed by atoms with van der Waals surface area (Å²) in [5.41, 5.74) is 9.87. The first-order valence-corrected chi connectivity index (χ1v) is 10.8. The fraction of sp³-hybridized carbons (Fsp3) is 0.185. The fourth-order valence-corrected chi connectivity index (χ4v) is 3.58. The molecule has 7 heteroatoms. The maximum absolute atomic E-state index is 13.1. The normalized spacial score (nSPS) is 11.9. The molecule has 0 aromatic heterocycles. The number of nitrogen functional groups attached to an aromatic ring is 1. The van der Waals surface area contributed by atoms with Crippen molar-refractivity contribution in [1.82, 2.24) is 5.32 Å². The number of aliphatic hydroxyl groups is 1. The Morgan fingerprint density at radius 2 is 1.79 bits per heavy atom. The van der Waals surface area contributed by atoms with Gasteiger partial charge in [0.25, 0.3) is 5.91 Å². The van der Waals surface area contributed by atoms with Crippen LogP contribution in [0.15, 0.2) is 72.8 Å². The van der Waals surface area contributed by atoms with Gasteiger partial charge < -0.3 is 31.0 Å². The van der Waals surface area contributed by atoms with Crippen LogP contribution in [0.5, 0.6) is 5.75 Å².